The number of amides is 2. The Hall–Kier alpha value is -2.82. The lowest BCUT2D eigenvalue weighted by Crippen LogP contribution is -2.32. The molecule has 0 aliphatic carbocycles. The molecular formula is C24H32N2O3. The van der Waals surface area contributed by atoms with E-state index in [1.54, 1.807) is 4.90 Å². The molecule has 1 N–H and O–H groups in total. The second kappa shape index (κ2) is 9.59. The molecule has 0 bridgehead atoms. The second-order valence-electron chi connectivity index (χ2n) is 8.43. The number of carbonyl (C=O) groups excluding carboxylic acids is 2. The van der Waals surface area contributed by atoms with Crippen LogP contribution in [0.3, 0.4) is 0 Å². The van der Waals surface area contributed by atoms with Gasteiger partial charge in [-0.3, -0.25) is 9.59 Å². The van der Waals surface area contributed by atoms with E-state index in [-0.39, 0.29) is 29.8 Å². The number of hydrogen-bond donors (Lipinski definition) is 1. The van der Waals surface area contributed by atoms with Gasteiger partial charge in [-0.2, -0.15) is 0 Å². The fourth-order valence-corrected chi connectivity index (χ4v) is 2.96. The van der Waals surface area contributed by atoms with E-state index < -0.39 is 0 Å². The largest absolute Gasteiger partial charge is 0.489 e. The number of benzene rings is 2. The minimum Gasteiger partial charge on any atom is -0.489 e. The number of ether oxygens (including phenoxy) is 1. The molecule has 0 heterocycles. The summed E-state index contributed by atoms with van der Waals surface area (Å²) in [4.78, 5) is 26.3. The van der Waals surface area contributed by atoms with Crippen molar-refractivity contribution in [3.63, 3.8) is 0 Å². The van der Waals surface area contributed by atoms with Gasteiger partial charge in [0.1, 0.15) is 5.75 Å². The highest BCUT2D eigenvalue weighted by molar-refractivity contribution is 5.95. The smallest absolute Gasteiger partial charge is 0.226 e. The first-order chi connectivity index (χ1) is 13.6. The zero-order valence-corrected chi connectivity index (χ0v) is 18.3. The van der Waals surface area contributed by atoms with Crippen molar-refractivity contribution in [3.05, 3.63) is 54.1 Å². The average Bonchev–Trinajstić information content (AvgIpc) is 2.62. The van der Waals surface area contributed by atoms with Crippen LogP contribution in [0.1, 0.15) is 53.5 Å². The zero-order chi connectivity index (χ0) is 21.6. The Morgan fingerprint density at radius 2 is 1.66 bits per heavy atom. The Morgan fingerprint density at radius 1 is 1.03 bits per heavy atom. The van der Waals surface area contributed by atoms with Crippen molar-refractivity contribution in [2.75, 3.05) is 16.8 Å². The summed E-state index contributed by atoms with van der Waals surface area (Å²) in [7, 11) is 0. The van der Waals surface area contributed by atoms with Crippen LogP contribution in [0.5, 0.6) is 5.75 Å². The summed E-state index contributed by atoms with van der Waals surface area (Å²) < 4.78 is 5.74. The number of nitrogens with one attached hydrogen (secondary N) is 1. The molecule has 5 nitrogen and oxygen atoms in total. The first-order valence-electron chi connectivity index (χ1n) is 10.0. The number of para-hydroxylation sites is 2. The van der Waals surface area contributed by atoms with Crippen LogP contribution in [0, 0.1) is 0 Å². The van der Waals surface area contributed by atoms with Gasteiger partial charge in [0.2, 0.25) is 11.8 Å². The van der Waals surface area contributed by atoms with Crippen LogP contribution in [0.25, 0.3) is 0 Å². The molecule has 0 aromatic heterocycles. The molecule has 2 aromatic carbocycles. The molecule has 2 amide bonds. The lowest BCUT2D eigenvalue weighted by molar-refractivity contribution is -0.117. The van der Waals surface area contributed by atoms with Crippen molar-refractivity contribution >= 4 is 23.2 Å². The average molecular weight is 397 g/mol. The van der Waals surface area contributed by atoms with Gasteiger partial charge in [0.15, 0.2) is 0 Å². The van der Waals surface area contributed by atoms with Crippen molar-refractivity contribution in [1.29, 1.82) is 0 Å². The highest BCUT2D eigenvalue weighted by Gasteiger charge is 2.17. The quantitative estimate of drug-likeness (QED) is 0.704. The molecule has 0 radical (unpaired) electrons. The second-order valence-corrected chi connectivity index (χ2v) is 8.43. The number of carbonyl (C=O) groups is 2. The molecule has 2 rings (SSSR count). The lowest BCUT2D eigenvalue weighted by atomic mass is 9.87. The summed E-state index contributed by atoms with van der Waals surface area (Å²) in [6, 6.07) is 15.3. The van der Waals surface area contributed by atoms with E-state index in [0.29, 0.717) is 18.0 Å². The molecule has 0 fully saturated rings. The Balaban J connectivity index is 2.04. The van der Waals surface area contributed by atoms with Gasteiger partial charge in [-0.1, -0.05) is 45.0 Å². The van der Waals surface area contributed by atoms with Gasteiger partial charge in [0.25, 0.3) is 0 Å². The first-order valence-corrected chi connectivity index (χ1v) is 10.0. The number of nitrogens with zero attached hydrogens (tertiary/aromatic N) is 1. The van der Waals surface area contributed by atoms with Crippen LogP contribution in [0.4, 0.5) is 11.4 Å². The van der Waals surface area contributed by atoms with E-state index in [2.05, 4.69) is 26.1 Å². The monoisotopic (exact) mass is 396 g/mol. The predicted molar refractivity (Wildman–Crippen MR) is 119 cm³/mol. The standard InChI is InChI=1S/C24H32N2O3/c1-17(2)29-22-10-8-7-9-21(22)25-23(28)15-16-26(18(3)27)20-13-11-19(12-14-20)24(4,5)6/h7-14,17H,15-16H2,1-6H3,(H,25,28). The lowest BCUT2D eigenvalue weighted by Gasteiger charge is -2.24. The third-order valence-corrected chi connectivity index (χ3v) is 4.51. The van der Waals surface area contributed by atoms with E-state index in [1.807, 2.05) is 62.4 Å². The number of anilines is 2. The number of rotatable bonds is 7. The summed E-state index contributed by atoms with van der Waals surface area (Å²) in [6.45, 7) is 12.1. The molecule has 0 atom stereocenters. The summed E-state index contributed by atoms with van der Waals surface area (Å²) in [5.74, 6) is 0.379. The van der Waals surface area contributed by atoms with E-state index in [1.165, 1.54) is 12.5 Å². The molecule has 0 saturated carbocycles. The van der Waals surface area contributed by atoms with E-state index in [9.17, 15) is 9.59 Å². The zero-order valence-electron chi connectivity index (χ0n) is 18.3. The molecule has 29 heavy (non-hydrogen) atoms. The summed E-state index contributed by atoms with van der Waals surface area (Å²) >= 11 is 0. The summed E-state index contributed by atoms with van der Waals surface area (Å²) in [6.07, 6.45) is 0.202. The Bertz CT molecular complexity index is 836. The van der Waals surface area contributed by atoms with Crippen LogP contribution in [0.2, 0.25) is 0 Å². The topological polar surface area (TPSA) is 58.6 Å². The predicted octanol–water partition coefficient (Wildman–Crippen LogP) is 5.15. The van der Waals surface area contributed by atoms with Crippen LogP contribution in [-0.4, -0.2) is 24.5 Å². The molecule has 156 valence electrons. The van der Waals surface area contributed by atoms with Crippen LogP contribution >= 0.6 is 0 Å². The third-order valence-electron chi connectivity index (χ3n) is 4.51. The maximum atomic E-state index is 12.5. The third kappa shape index (κ3) is 6.63. The van der Waals surface area contributed by atoms with Gasteiger partial charge in [0, 0.05) is 25.6 Å². The molecule has 0 spiro atoms. The molecule has 0 aliphatic heterocycles. The fraction of sp³-hybridized carbons (Fsp3) is 0.417. The normalized spacial score (nSPS) is 11.3. The molecule has 5 heteroatoms. The summed E-state index contributed by atoms with van der Waals surface area (Å²) in [5.41, 5.74) is 2.67. The molecule has 0 aliphatic rings. The highest BCUT2D eigenvalue weighted by Crippen LogP contribution is 2.26. The first kappa shape index (κ1) is 22.5. The van der Waals surface area contributed by atoms with Gasteiger partial charge in [-0.25, -0.2) is 0 Å². The minimum atomic E-state index is -0.164. The molecule has 0 unspecified atom stereocenters. The van der Waals surface area contributed by atoms with Crippen LogP contribution < -0.4 is 15.0 Å². The van der Waals surface area contributed by atoms with Crippen molar-refractivity contribution in [1.82, 2.24) is 0 Å². The van der Waals surface area contributed by atoms with Gasteiger partial charge in [0.05, 0.1) is 11.8 Å². The van der Waals surface area contributed by atoms with Crippen molar-refractivity contribution in [2.45, 2.75) is 59.5 Å². The van der Waals surface area contributed by atoms with E-state index >= 15 is 0 Å². The maximum Gasteiger partial charge on any atom is 0.226 e. The fourth-order valence-electron chi connectivity index (χ4n) is 2.96. The Morgan fingerprint density at radius 3 is 2.21 bits per heavy atom. The van der Waals surface area contributed by atoms with Gasteiger partial charge >= 0.3 is 0 Å². The summed E-state index contributed by atoms with van der Waals surface area (Å²) in [5, 5.41) is 2.89. The Kier molecular flexibility index (Phi) is 7.43. The van der Waals surface area contributed by atoms with Crippen LogP contribution in [0.15, 0.2) is 48.5 Å². The SMILES string of the molecule is CC(=O)N(CCC(=O)Nc1ccccc1OC(C)C)c1ccc(C(C)(C)C)cc1. The Labute approximate surface area is 174 Å². The number of hydrogen-bond acceptors (Lipinski definition) is 3. The molecule has 0 saturated heterocycles. The van der Waals surface area contributed by atoms with Crippen molar-refractivity contribution in [2.24, 2.45) is 0 Å². The van der Waals surface area contributed by atoms with Gasteiger partial charge in [-0.05, 0) is 49.1 Å². The van der Waals surface area contributed by atoms with Crippen molar-refractivity contribution in [3.8, 4) is 5.75 Å². The van der Waals surface area contributed by atoms with Gasteiger partial charge < -0.3 is 15.0 Å². The van der Waals surface area contributed by atoms with Crippen molar-refractivity contribution < 1.29 is 14.3 Å². The van der Waals surface area contributed by atoms with Crippen LogP contribution in [-0.2, 0) is 15.0 Å². The molecule has 2 aromatic rings. The van der Waals surface area contributed by atoms with E-state index in [0.717, 1.165) is 5.69 Å². The van der Waals surface area contributed by atoms with E-state index in [4.69, 9.17) is 4.74 Å². The minimum absolute atomic E-state index is 0.0114. The highest BCUT2D eigenvalue weighted by atomic mass is 16.5. The van der Waals surface area contributed by atoms with Gasteiger partial charge in [-0.15, -0.1) is 0 Å². The molecular weight excluding hydrogens is 364 g/mol. The maximum absolute atomic E-state index is 12.5.